The third-order valence-corrected chi connectivity index (χ3v) is 5.34. The first-order valence-corrected chi connectivity index (χ1v) is 9.60. The molecule has 2 heterocycles. The molecule has 2 amide bonds. The standard InChI is InChI=1S/C20H28N4O3/c1-23-19(26)8-7-17(22-23)20(27)21-13-15-9-11-24(12-10-15)14-18(25)16-5-3-2-4-6-16/h2-6,15,18,25H,7-14H2,1H3,(H,21,27). The number of carbonyl (C=O) groups is 2. The Bertz CT molecular complexity index is 684. The summed E-state index contributed by atoms with van der Waals surface area (Å²) in [6.07, 6.45) is 2.26. The summed E-state index contributed by atoms with van der Waals surface area (Å²) in [5.41, 5.74) is 1.38. The zero-order chi connectivity index (χ0) is 19.2. The fraction of sp³-hybridized carbons (Fsp3) is 0.550. The van der Waals surface area contributed by atoms with Gasteiger partial charge in [0.25, 0.3) is 5.91 Å². The van der Waals surface area contributed by atoms with E-state index >= 15 is 0 Å². The molecule has 0 bridgehead atoms. The molecule has 0 aromatic heterocycles. The largest absolute Gasteiger partial charge is 0.387 e. The number of hydrogen-bond donors (Lipinski definition) is 2. The van der Waals surface area contributed by atoms with Crippen molar-refractivity contribution in [3.8, 4) is 0 Å². The third-order valence-electron chi connectivity index (χ3n) is 5.34. The molecule has 1 fully saturated rings. The second kappa shape index (κ2) is 9.10. The van der Waals surface area contributed by atoms with Crippen LogP contribution in [0.3, 0.4) is 0 Å². The van der Waals surface area contributed by atoms with Crippen molar-refractivity contribution in [3.05, 3.63) is 35.9 Å². The number of benzene rings is 1. The van der Waals surface area contributed by atoms with Crippen molar-refractivity contribution in [3.63, 3.8) is 0 Å². The molecule has 3 rings (SSSR count). The molecule has 1 unspecified atom stereocenters. The minimum atomic E-state index is -0.466. The van der Waals surface area contributed by atoms with Crippen molar-refractivity contribution in [2.45, 2.75) is 31.8 Å². The molecule has 27 heavy (non-hydrogen) atoms. The van der Waals surface area contributed by atoms with Crippen LogP contribution in [-0.4, -0.2) is 65.8 Å². The third kappa shape index (κ3) is 5.37. The Hall–Kier alpha value is -2.25. The summed E-state index contributed by atoms with van der Waals surface area (Å²) in [6, 6.07) is 9.73. The summed E-state index contributed by atoms with van der Waals surface area (Å²) in [7, 11) is 1.58. The summed E-state index contributed by atoms with van der Waals surface area (Å²) < 4.78 is 0. The lowest BCUT2D eigenvalue weighted by Gasteiger charge is -2.33. The zero-order valence-electron chi connectivity index (χ0n) is 15.8. The van der Waals surface area contributed by atoms with Crippen molar-refractivity contribution < 1.29 is 14.7 Å². The molecule has 7 heteroatoms. The molecule has 1 saturated heterocycles. The summed E-state index contributed by atoms with van der Waals surface area (Å²) in [5.74, 6) is 0.204. The highest BCUT2D eigenvalue weighted by atomic mass is 16.3. The normalized spacial score (nSPS) is 20.3. The first kappa shape index (κ1) is 19.5. The highest BCUT2D eigenvalue weighted by molar-refractivity contribution is 6.39. The van der Waals surface area contributed by atoms with Gasteiger partial charge in [0.15, 0.2) is 0 Å². The second-order valence-corrected chi connectivity index (χ2v) is 7.34. The fourth-order valence-corrected chi connectivity index (χ4v) is 3.57. The van der Waals surface area contributed by atoms with Crippen molar-refractivity contribution >= 4 is 17.5 Å². The minimum absolute atomic E-state index is 0.0587. The molecule has 0 aliphatic carbocycles. The summed E-state index contributed by atoms with van der Waals surface area (Å²) in [4.78, 5) is 25.9. The van der Waals surface area contributed by atoms with Gasteiger partial charge in [0.2, 0.25) is 5.91 Å². The lowest BCUT2D eigenvalue weighted by molar-refractivity contribution is -0.130. The van der Waals surface area contributed by atoms with E-state index in [-0.39, 0.29) is 11.8 Å². The Kier molecular flexibility index (Phi) is 6.58. The van der Waals surface area contributed by atoms with E-state index in [0.717, 1.165) is 31.5 Å². The van der Waals surface area contributed by atoms with Gasteiger partial charge in [-0.15, -0.1) is 0 Å². The van der Waals surface area contributed by atoms with Gasteiger partial charge in [-0.2, -0.15) is 5.10 Å². The van der Waals surface area contributed by atoms with Crippen molar-refractivity contribution in [2.75, 3.05) is 33.2 Å². The van der Waals surface area contributed by atoms with E-state index < -0.39 is 6.10 Å². The van der Waals surface area contributed by atoms with Gasteiger partial charge >= 0.3 is 0 Å². The molecule has 2 aliphatic heterocycles. The van der Waals surface area contributed by atoms with Crippen LogP contribution in [0.1, 0.15) is 37.4 Å². The molecule has 1 aromatic rings. The predicted molar refractivity (Wildman–Crippen MR) is 103 cm³/mol. The summed E-state index contributed by atoms with van der Waals surface area (Å²) in [6.45, 7) is 3.11. The quantitative estimate of drug-likeness (QED) is 0.785. The van der Waals surface area contributed by atoms with Crippen LogP contribution in [0.5, 0.6) is 0 Å². The molecule has 7 nitrogen and oxygen atoms in total. The molecule has 2 aliphatic rings. The second-order valence-electron chi connectivity index (χ2n) is 7.34. The van der Waals surface area contributed by atoms with Gasteiger partial charge in [-0.1, -0.05) is 30.3 Å². The van der Waals surface area contributed by atoms with E-state index in [1.54, 1.807) is 7.05 Å². The van der Waals surface area contributed by atoms with Crippen molar-refractivity contribution in [1.29, 1.82) is 0 Å². The van der Waals surface area contributed by atoms with Crippen LogP contribution in [0, 0.1) is 5.92 Å². The van der Waals surface area contributed by atoms with Crippen LogP contribution in [0.25, 0.3) is 0 Å². The zero-order valence-corrected chi connectivity index (χ0v) is 15.8. The maximum absolute atomic E-state index is 12.2. The Morgan fingerprint density at radius 3 is 2.63 bits per heavy atom. The number of β-amino-alcohol motifs (C(OH)–C–C–N with tert-alkyl or cyclic N) is 1. The van der Waals surface area contributed by atoms with Gasteiger partial charge in [0, 0.05) is 33.0 Å². The van der Waals surface area contributed by atoms with Crippen molar-refractivity contribution in [1.82, 2.24) is 15.2 Å². The number of rotatable bonds is 6. The number of carbonyl (C=O) groups excluding carboxylic acids is 2. The Morgan fingerprint density at radius 2 is 1.96 bits per heavy atom. The number of nitrogens with one attached hydrogen (secondary N) is 1. The average molecular weight is 372 g/mol. The molecule has 146 valence electrons. The van der Waals surface area contributed by atoms with Gasteiger partial charge in [-0.05, 0) is 37.4 Å². The molecule has 0 saturated carbocycles. The number of hydrogen-bond acceptors (Lipinski definition) is 5. The maximum Gasteiger partial charge on any atom is 0.267 e. The van der Waals surface area contributed by atoms with Crippen LogP contribution in [0.15, 0.2) is 35.4 Å². The SMILES string of the molecule is CN1N=C(C(=O)NCC2CCN(CC(O)c3ccccc3)CC2)CCC1=O. The molecule has 1 aromatic carbocycles. The van der Waals surface area contributed by atoms with Gasteiger partial charge in [-0.25, -0.2) is 5.01 Å². The van der Waals surface area contributed by atoms with E-state index in [2.05, 4.69) is 15.3 Å². The number of piperidine rings is 1. The maximum atomic E-state index is 12.2. The highest BCUT2D eigenvalue weighted by Crippen LogP contribution is 2.20. The number of aliphatic hydroxyl groups excluding tert-OH is 1. The van der Waals surface area contributed by atoms with Crippen LogP contribution in [0.4, 0.5) is 0 Å². The van der Waals surface area contributed by atoms with Crippen LogP contribution in [-0.2, 0) is 9.59 Å². The molecule has 1 atom stereocenters. The Morgan fingerprint density at radius 1 is 1.26 bits per heavy atom. The smallest absolute Gasteiger partial charge is 0.267 e. The number of hydrazone groups is 1. The summed E-state index contributed by atoms with van der Waals surface area (Å²) in [5, 5.41) is 18.6. The Balaban J connectivity index is 1.39. The highest BCUT2D eigenvalue weighted by Gasteiger charge is 2.24. The van der Waals surface area contributed by atoms with E-state index in [1.807, 2.05) is 30.3 Å². The van der Waals surface area contributed by atoms with E-state index in [0.29, 0.717) is 37.6 Å². The topological polar surface area (TPSA) is 85.2 Å². The molecule has 0 radical (unpaired) electrons. The van der Waals surface area contributed by atoms with E-state index in [1.165, 1.54) is 5.01 Å². The van der Waals surface area contributed by atoms with Gasteiger partial charge in [0.05, 0.1) is 6.10 Å². The minimum Gasteiger partial charge on any atom is -0.387 e. The van der Waals surface area contributed by atoms with Crippen molar-refractivity contribution in [2.24, 2.45) is 11.0 Å². The number of amides is 2. The first-order valence-electron chi connectivity index (χ1n) is 9.60. The average Bonchev–Trinajstić information content (AvgIpc) is 2.70. The summed E-state index contributed by atoms with van der Waals surface area (Å²) >= 11 is 0. The first-order chi connectivity index (χ1) is 13.0. The van der Waals surface area contributed by atoms with Gasteiger partial charge in [-0.3, -0.25) is 9.59 Å². The lowest BCUT2D eigenvalue weighted by Crippen LogP contribution is -2.42. The number of aliphatic hydroxyl groups is 1. The number of likely N-dealkylation sites (tertiary alicyclic amines) is 1. The van der Waals surface area contributed by atoms with E-state index in [9.17, 15) is 14.7 Å². The predicted octanol–water partition coefficient (Wildman–Crippen LogP) is 1.16. The van der Waals surface area contributed by atoms with Gasteiger partial charge in [0.1, 0.15) is 5.71 Å². The number of nitrogens with zero attached hydrogens (tertiary/aromatic N) is 3. The lowest BCUT2D eigenvalue weighted by atomic mass is 9.96. The van der Waals surface area contributed by atoms with Crippen LogP contribution in [0.2, 0.25) is 0 Å². The molecule has 0 spiro atoms. The fourth-order valence-electron chi connectivity index (χ4n) is 3.57. The van der Waals surface area contributed by atoms with Crippen LogP contribution < -0.4 is 5.32 Å². The molecule has 2 N–H and O–H groups in total. The Labute approximate surface area is 160 Å². The monoisotopic (exact) mass is 372 g/mol. The van der Waals surface area contributed by atoms with Gasteiger partial charge < -0.3 is 15.3 Å². The molecular weight excluding hydrogens is 344 g/mol. The van der Waals surface area contributed by atoms with Crippen LogP contribution >= 0.6 is 0 Å². The van der Waals surface area contributed by atoms with E-state index in [4.69, 9.17) is 0 Å². The molecular formula is C20H28N4O3.